The van der Waals surface area contributed by atoms with E-state index in [9.17, 15) is 14.7 Å². The summed E-state index contributed by atoms with van der Waals surface area (Å²) >= 11 is 0. The lowest BCUT2D eigenvalue weighted by Gasteiger charge is -2.15. The van der Waals surface area contributed by atoms with Gasteiger partial charge in [-0.25, -0.2) is 4.79 Å². The van der Waals surface area contributed by atoms with Crippen LogP contribution in [0.5, 0.6) is 5.75 Å². The minimum absolute atomic E-state index is 0.0303. The first kappa shape index (κ1) is 17.5. The van der Waals surface area contributed by atoms with Gasteiger partial charge in [-0.1, -0.05) is 24.3 Å². The highest BCUT2D eigenvalue weighted by Gasteiger charge is 2.13. The van der Waals surface area contributed by atoms with Gasteiger partial charge in [-0.2, -0.15) is 0 Å². The molecule has 1 amide bonds. The monoisotopic (exact) mass is 327 g/mol. The van der Waals surface area contributed by atoms with Crippen LogP contribution in [0.3, 0.4) is 0 Å². The minimum Gasteiger partial charge on any atom is -0.508 e. The normalized spacial score (nSPS) is 11.6. The van der Waals surface area contributed by atoms with E-state index >= 15 is 0 Å². The zero-order valence-corrected chi connectivity index (χ0v) is 14.0. The summed E-state index contributed by atoms with van der Waals surface area (Å²) in [7, 11) is 0. The van der Waals surface area contributed by atoms with Gasteiger partial charge in [0.25, 0.3) is 5.91 Å². The molecule has 0 aromatic heterocycles. The Bertz CT molecular complexity index is 755. The Morgan fingerprint density at radius 1 is 1.12 bits per heavy atom. The summed E-state index contributed by atoms with van der Waals surface area (Å²) in [6, 6.07) is 11.6. The fraction of sp³-hybridized carbons (Fsp3) is 0.263. The van der Waals surface area contributed by atoms with E-state index in [1.165, 1.54) is 29.8 Å². The second-order valence-corrected chi connectivity index (χ2v) is 5.76. The molecule has 0 unspecified atom stereocenters. The molecule has 0 aliphatic heterocycles. The Morgan fingerprint density at radius 3 is 2.54 bits per heavy atom. The summed E-state index contributed by atoms with van der Waals surface area (Å²) in [5.41, 5.74) is 3.54. The molecule has 1 atom stereocenters. The molecule has 2 aromatic carbocycles. The first-order valence-electron chi connectivity index (χ1n) is 7.69. The molecule has 0 aliphatic rings. The molecule has 2 N–H and O–H groups in total. The smallest absolute Gasteiger partial charge is 0.338 e. The number of aryl methyl sites for hydroxylation is 2. The number of esters is 1. The fourth-order valence-corrected chi connectivity index (χ4v) is 2.25. The standard InChI is InChI=1S/C19H21NO4/c1-12-7-8-15(9-13(12)2)14(3)20-18(22)11-24-19(23)16-5-4-6-17(21)10-16/h4-10,14,21H,11H2,1-3H3,(H,20,22)/t14-/m0/s1. The number of carbonyl (C=O) groups is 2. The molecule has 0 bridgehead atoms. The number of hydrogen-bond acceptors (Lipinski definition) is 4. The highest BCUT2D eigenvalue weighted by atomic mass is 16.5. The van der Waals surface area contributed by atoms with Crippen LogP contribution in [0.15, 0.2) is 42.5 Å². The highest BCUT2D eigenvalue weighted by molar-refractivity contribution is 5.91. The Hall–Kier alpha value is -2.82. The number of amides is 1. The maximum absolute atomic E-state index is 11.9. The van der Waals surface area contributed by atoms with Crippen molar-refractivity contribution < 1.29 is 19.4 Å². The third kappa shape index (κ3) is 4.59. The van der Waals surface area contributed by atoms with E-state index in [-0.39, 0.29) is 29.9 Å². The van der Waals surface area contributed by atoms with Crippen LogP contribution in [0.2, 0.25) is 0 Å². The third-order valence-corrected chi connectivity index (χ3v) is 3.82. The fourth-order valence-electron chi connectivity index (χ4n) is 2.25. The molecule has 0 fully saturated rings. The van der Waals surface area contributed by atoms with E-state index in [1.54, 1.807) is 0 Å². The van der Waals surface area contributed by atoms with Crippen LogP contribution in [0, 0.1) is 13.8 Å². The number of nitrogens with one attached hydrogen (secondary N) is 1. The minimum atomic E-state index is -0.653. The Labute approximate surface area is 141 Å². The van der Waals surface area contributed by atoms with E-state index in [1.807, 2.05) is 39.0 Å². The van der Waals surface area contributed by atoms with Crippen LogP contribution < -0.4 is 5.32 Å². The van der Waals surface area contributed by atoms with Gasteiger partial charge in [0.05, 0.1) is 11.6 Å². The van der Waals surface area contributed by atoms with Crippen molar-refractivity contribution in [2.75, 3.05) is 6.61 Å². The molecule has 126 valence electrons. The summed E-state index contributed by atoms with van der Waals surface area (Å²) in [6.45, 7) is 5.55. The van der Waals surface area contributed by atoms with Crippen LogP contribution in [-0.2, 0) is 9.53 Å². The van der Waals surface area contributed by atoms with Crippen molar-refractivity contribution in [1.82, 2.24) is 5.32 Å². The largest absolute Gasteiger partial charge is 0.508 e. The first-order valence-corrected chi connectivity index (χ1v) is 7.69. The average Bonchev–Trinajstić information content (AvgIpc) is 2.55. The number of benzene rings is 2. The van der Waals surface area contributed by atoms with Gasteiger partial charge < -0.3 is 15.2 Å². The van der Waals surface area contributed by atoms with Gasteiger partial charge in [-0.3, -0.25) is 4.79 Å². The molecule has 0 heterocycles. The number of rotatable bonds is 5. The molecule has 0 saturated carbocycles. The van der Waals surface area contributed by atoms with Crippen LogP contribution in [0.25, 0.3) is 0 Å². The third-order valence-electron chi connectivity index (χ3n) is 3.82. The van der Waals surface area contributed by atoms with Crippen LogP contribution in [0.4, 0.5) is 0 Å². The van der Waals surface area contributed by atoms with Gasteiger partial charge in [0.2, 0.25) is 0 Å². The number of ether oxygens (including phenoxy) is 1. The molecule has 0 saturated heterocycles. The molecule has 2 aromatic rings. The second-order valence-electron chi connectivity index (χ2n) is 5.76. The molecule has 5 heteroatoms. The van der Waals surface area contributed by atoms with E-state index < -0.39 is 5.97 Å². The predicted molar refractivity (Wildman–Crippen MR) is 90.9 cm³/mol. The van der Waals surface area contributed by atoms with Crippen molar-refractivity contribution in [2.45, 2.75) is 26.8 Å². The highest BCUT2D eigenvalue weighted by Crippen LogP contribution is 2.16. The Balaban J connectivity index is 1.88. The summed E-state index contributed by atoms with van der Waals surface area (Å²) in [6.07, 6.45) is 0. The van der Waals surface area contributed by atoms with E-state index in [0.717, 1.165) is 11.1 Å². The van der Waals surface area contributed by atoms with Gasteiger partial charge in [0.15, 0.2) is 6.61 Å². The molecular formula is C19H21NO4. The first-order chi connectivity index (χ1) is 11.4. The summed E-state index contributed by atoms with van der Waals surface area (Å²) < 4.78 is 4.96. The number of carbonyl (C=O) groups excluding carboxylic acids is 2. The van der Waals surface area contributed by atoms with E-state index in [0.29, 0.717) is 0 Å². The second kappa shape index (κ2) is 7.64. The van der Waals surface area contributed by atoms with Gasteiger partial charge in [0, 0.05) is 0 Å². The van der Waals surface area contributed by atoms with Gasteiger partial charge in [0.1, 0.15) is 5.75 Å². The lowest BCUT2D eigenvalue weighted by Crippen LogP contribution is -2.31. The lowest BCUT2D eigenvalue weighted by molar-refractivity contribution is -0.124. The van der Waals surface area contributed by atoms with Gasteiger partial charge in [-0.05, 0) is 55.7 Å². The summed E-state index contributed by atoms with van der Waals surface area (Å²) in [5.74, 6) is -1.06. The maximum atomic E-state index is 11.9. The Morgan fingerprint density at radius 2 is 1.88 bits per heavy atom. The van der Waals surface area contributed by atoms with Crippen LogP contribution >= 0.6 is 0 Å². The van der Waals surface area contributed by atoms with Crippen molar-refractivity contribution in [3.63, 3.8) is 0 Å². The van der Waals surface area contributed by atoms with Gasteiger partial charge in [-0.15, -0.1) is 0 Å². The quantitative estimate of drug-likeness (QED) is 0.828. The number of phenols is 1. The SMILES string of the molecule is Cc1ccc([C@H](C)NC(=O)COC(=O)c2cccc(O)c2)cc1C. The zero-order valence-electron chi connectivity index (χ0n) is 14.0. The summed E-state index contributed by atoms with van der Waals surface area (Å²) in [5, 5.41) is 12.1. The predicted octanol–water partition coefficient (Wildman–Crippen LogP) is 3.04. The number of hydrogen-bond donors (Lipinski definition) is 2. The maximum Gasteiger partial charge on any atom is 0.338 e. The topological polar surface area (TPSA) is 75.6 Å². The zero-order chi connectivity index (χ0) is 17.7. The van der Waals surface area contributed by atoms with E-state index in [4.69, 9.17) is 4.74 Å². The molecule has 2 rings (SSSR count). The van der Waals surface area contributed by atoms with E-state index in [2.05, 4.69) is 5.32 Å². The van der Waals surface area contributed by atoms with Crippen molar-refractivity contribution in [3.8, 4) is 5.75 Å². The summed E-state index contributed by atoms with van der Waals surface area (Å²) in [4.78, 5) is 23.8. The molecule has 0 spiro atoms. The average molecular weight is 327 g/mol. The van der Waals surface area contributed by atoms with Crippen LogP contribution in [0.1, 0.15) is 40.0 Å². The molecule has 5 nitrogen and oxygen atoms in total. The van der Waals surface area contributed by atoms with Crippen molar-refractivity contribution >= 4 is 11.9 Å². The molecule has 0 aliphatic carbocycles. The lowest BCUT2D eigenvalue weighted by atomic mass is 10.0. The van der Waals surface area contributed by atoms with Crippen molar-refractivity contribution in [2.24, 2.45) is 0 Å². The molecular weight excluding hydrogens is 306 g/mol. The van der Waals surface area contributed by atoms with Crippen molar-refractivity contribution in [1.29, 1.82) is 0 Å². The van der Waals surface area contributed by atoms with Crippen molar-refractivity contribution in [3.05, 3.63) is 64.7 Å². The molecule has 24 heavy (non-hydrogen) atoms. The van der Waals surface area contributed by atoms with Gasteiger partial charge >= 0.3 is 5.97 Å². The van der Waals surface area contributed by atoms with Crippen LogP contribution in [-0.4, -0.2) is 23.6 Å². The Kier molecular flexibility index (Phi) is 5.58. The number of aromatic hydroxyl groups is 1. The number of phenolic OH excluding ortho intramolecular Hbond substituents is 1. The molecule has 0 radical (unpaired) electrons.